The molecule has 0 radical (unpaired) electrons. The van der Waals surface area contributed by atoms with Crippen LogP contribution in [-0.2, 0) is 0 Å². The third-order valence-electron chi connectivity index (χ3n) is 1.41. The van der Waals surface area contributed by atoms with E-state index in [4.69, 9.17) is 5.11 Å². The summed E-state index contributed by atoms with van der Waals surface area (Å²) in [4.78, 5) is 25.0. The minimum Gasteiger partial charge on any atom is -0.465 e. The molecule has 1 rings (SSSR count). The summed E-state index contributed by atoms with van der Waals surface area (Å²) >= 11 is 0. The van der Waals surface area contributed by atoms with Gasteiger partial charge in [-0.3, -0.25) is 10.1 Å². The fourth-order valence-corrected chi connectivity index (χ4v) is 0.890. The molecule has 0 spiro atoms. The van der Waals surface area contributed by atoms with Crippen molar-refractivity contribution in [2.75, 3.05) is 5.32 Å². The van der Waals surface area contributed by atoms with Gasteiger partial charge < -0.3 is 5.11 Å². The maximum Gasteiger partial charge on any atom is 0.410 e. The van der Waals surface area contributed by atoms with Crippen LogP contribution < -0.4 is 5.32 Å². The zero-order valence-electron chi connectivity index (χ0n) is 6.94. The molecule has 1 aromatic rings. The second kappa shape index (κ2) is 3.66. The van der Waals surface area contributed by atoms with Gasteiger partial charge in [-0.1, -0.05) is 0 Å². The van der Waals surface area contributed by atoms with Crippen molar-refractivity contribution in [1.82, 2.24) is 4.98 Å². The number of ketones is 1. The van der Waals surface area contributed by atoms with Crippen LogP contribution in [0.1, 0.15) is 17.3 Å². The first-order chi connectivity index (χ1) is 6.11. The molecule has 5 nitrogen and oxygen atoms in total. The predicted octanol–water partition coefficient (Wildman–Crippen LogP) is 1.37. The van der Waals surface area contributed by atoms with E-state index in [2.05, 4.69) is 4.98 Å². The molecule has 2 N–H and O–H groups in total. The third-order valence-corrected chi connectivity index (χ3v) is 1.41. The summed E-state index contributed by atoms with van der Waals surface area (Å²) in [6.07, 6.45) is 0.179. The molecule has 0 atom stereocenters. The van der Waals surface area contributed by atoms with Crippen molar-refractivity contribution >= 4 is 17.7 Å². The maximum absolute atomic E-state index is 11.0. The average molecular weight is 180 g/mol. The van der Waals surface area contributed by atoms with Gasteiger partial charge in [-0.25, -0.2) is 9.78 Å². The van der Waals surface area contributed by atoms with E-state index in [0.29, 0.717) is 0 Å². The number of carboxylic acid groups (broad SMARTS) is 1. The van der Waals surface area contributed by atoms with Crippen LogP contribution in [0.3, 0.4) is 0 Å². The lowest BCUT2D eigenvalue weighted by molar-refractivity contribution is 0.101. The molecule has 0 aromatic carbocycles. The normalized spacial score (nSPS) is 9.31. The van der Waals surface area contributed by atoms with Gasteiger partial charge in [0.1, 0.15) is 5.82 Å². The summed E-state index contributed by atoms with van der Waals surface area (Å²) < 4.78 is 0. The van der Waals surface area contributed by atoms with Gasteiger partial charge in [0.15, 0.2) is 5.78 Å². The van der Waals surface area contributed by atoms with E-state index in [-0.39, 0.29) is 17.2 Å². The average Bonchev–Trinajstić information content (AvgIpc) is 2.03. The summed E-state index contributed by atoms with van der Waals surface area (Å²) in [5, 5.41) is 10.5. The lowest BCUT2D eigenvalue weighted by Gasteiger charge is -2.03. The molecule has 13 heavy (non-hydrogen) atoms. The number of amides is 1. The highest BCUT2D eigenvalue weighted by Gasteiger charge is 2.09. The van der Waals surface area contributed by atoms with Crippen molar-refractivity contribution in [3.05, 3.63) is 23.9 Å². The van der Waals surface area contributed by atoms with Crippen molar-refractivity contribution in [1.29, 1.82) is 0 Å². The fourth-order valence-electron chi connectivity index (χ4n) is 0.890. The molecule has 0 bridgehead atoms. The molecular formula is C8H8N2O3. The zero-order chi connectivity index (χ0) is 9.84. The minimum absolute atomic E-state index is 0.0718. The predicted molar refractivity (Wildman–Crippen MR) is 45.9 cm³/mol. The standard InChI is InChI=1S/C8H8N2O3/c1-5(11)6-3-2-4-9-7(6)10-8(12)13/h2-4H,1H3,(H,9,10)(H,12,13). The number of carbonyl (C=O) groups is 2. The number of aromatic nitrogens is 1. The van der Waals surface area contributed by atoms with Crippen LogP contribution in [0.4, 0.5) is 10.6 Å². The van der Waals surface area contributed by atoms with Gasteiger partial charge in [0, 0.05) is 6.20 Å². The Kier molecular flexibility index (Phi) is 2.59. The van der Waals surface area contributed by atoms with E-state index < -0.39 is 6.09 Å². The molecule has 0 aliphatic rings. The van der Waals surface area contributed by atoms with Crippen molar-refractivity contribution in [2.45, 2.75) is 6.92 Å². The Morgan fingerprint density at radius 2 is 2.23 bits per heavy atom. The number of hydrogen-bond acceptors (Lipinski definition) is 3. The van der Waals surface area contributed by atoms with Crippen LogP contribution in [0, 0.1) is 0 Å². The summed E-state index contributed by atoms with van der Waals surface area (Å²) in [5.74, 6) is -0.153. The van der Waals surface area contributed by atoms with Crippen molar-refractivity contribution in [2.24, 2.45) is 0 Å². The van der Waals surface area contributed by atoms with E-state index >= 15 is 0 Å². The second-order valence-corrected chi connectivity index (χ2v) is 2.39. The smallest absolute Gasteiger partial charge is 0.410 e. The molecule has 1 heterocycles. The quantitative estimate of drug-likeness (QED) is 0.673. The van der Waals surface area contributed by atoms with E-state index in [0.717, 1.165) is 0 Å². The monoisotopic (exact) mass is 180 g/mol. The highest BCUT2D eigenvalue weighted by Crippen LogP contribution is 2.11. The van der Waals surface area contributed by atoms with E-state index in [1.807, 2.05) is 5.32 Å². The number of Topliss-reactive ketones (excluding diaryl/α,β-unsaturated/α-hetero) is 1. The topological polar surface area (TPSA) is 79.3 Å². The number of nitrogens with zero attached hydrogens (tertiary/aromatic N) is 1. The molecule has 0 unspecified atom stereocenters. The van der Waals surface area contributed by atoms with Crippen molar-refractivity contribution in [3.8, 4) is 0 Å². The van der Waals surface area contributed by atoms with E-state index in [9.17, 15) is 9.59 Å². The van der Waals surface area contributed by atoms with Crippen LogP contribution >= 0.6 is 0 Å². The van der Waals surface area contributed by atoms with Crippen LogP contribution in [0.15, 0.2) is 18.3 Å². The summed E-state index contributed by atoms with van der Waals surface area (Å²) in [7, 11) is 0. The second-order valence-electron chi connectivity index (χ2n) is 2.39. The third kappa shape index (κ3) is 2.26. The number of carbonyl (C=O) groups excluding carboxylic acids is 1. The first-order valence-corrected chi connectivity index (χ1v) is 3.57. The molecule has 1 aromatic heterocycles. The Hall–Kier alpha value is -1.91. The van der Waals surface area contributed by atoms with Gasteiger partial charge in [0.2, 0.25) is 0 Å². The molecule has 1 amide bonds. The molecule has 5 heteroatoms. The van der Waals surface area contributed by atoms with Crippen molar-refractivity contribution < 1.29 is 14.7 Å². The Morgan fingerprint density at radius 3 is 2.77 bits per heavy atom. The lowest BCUT2D eigenvalue weighted by atomic mass is 10.2. The number of rotatable bonds is 2. The summed E-state index contributed by atoms with van der Waals surface area (Å²) in [5.41, 5.74) is 0.268. The highest BCUT2D eigenvalue weighted by molar-refractivity contribution is 6.01. The summed E-state index contributed by atoms with van der Waals surface area (Å²) in [6.45, 7) is 1.35. The Morgan fingerprint density at radius 1 is 1.54 bits per heavy atom. The number of hydrogen-bond donors (Lipinski definition) is 2. The molecule has 0 saturated heterocycles. The van der Waals surface area contributed by atoms with Crippen LogP contribution in [0.5, 0.6) is 0 Å². The highest BCUT2D eigenvalue weighted by atomic mass is 16.4. The van der Waals surface area contributed by atoms with E-state index in [1.165, 1.54) is 19.2 Å². The van der Waals surface area contributed by atoms with Gasteiger partial charge >= 0.3 is 6.09 Å². The van der Waals surface area contributed by atoms with Gasteiger partial charge in [-0.05, 0) is 19.1 Å². The van der Waals surface area contributed by atoms with E-state index in [1.54, 1.807) is 6.07 Å². The van der Waals surface area contributed by atoms with Crippen LogP contribution in [-0.4, -0.2) is 22.0 Å². The van der Waals surface area contributed by atoms with Crippen molar-refractivity contribution in [3.63, 3.8) is 0 Å². The number of anilines is 1. The van der Waals surface area contributed by atoms with Gasteiger partial charge in [0.05, 0.1) is 5.56 Å². The largest absolute Gasteiger partial charge is 0.465 e. The first kappa shape index (κ1) is 9.18. The van der Waals surface area contributed by atoms with Crippen LogP contribution in [0.25, 0.3) is 0 Å². The molecule has 0 aliphatic heterocycles. The zero-order valence-corrected chi connectivity index (χ0v) is 6.94. The molecule has 0 aliphatic carbocycles. The number of pyridine rings is 1. The first-order valence-electron chi connectivity index (χ1n) is 3.57. The maximum atomic E-state index is 11.0. The molecular weight excluding hydrogens is 172 g/mol. The summed E-state index contributed by atoms with van der Waals surface area (Å²) in [6, 6.07) is 3.09. The minimum atomic E-state index is -1.23. The molecule has 0 fully saturated rings. The lowest BCUT2D eigenvalue weighted by Crippen LogP contribution is -2.12. The molecule has 68 valence electrons. The Labute approximate surface area is 74.4 Å². The number of nitrogens with one attached hydrogen (secondary N) is 1. The fraction of sp³-hybridized carbons (Fsp3) is 0.125. The van der Waals surface area contributed by atoms with Gasteiger partial charge in [0.25, 0.3) is 0 Å². The molecule has 0 saturated carbocycles. The van der Waals surface area contributed by atoms with Crippen LogP contribution in [0.2, 0.25) is 0 Å². The Bertz CT molecular complexity index is 349. The van der Waals surface area contributed by atoms with Gasteiger partial charge in [-0.15, -0.1) is 0 Å². The Balaban J connectivity index is 3.04. The SMILES string of the molecule is CC(=O)c1cccnc1NC(=O)O. The van der Waals surface area contributed by atoms with Gasteiger partial charge in [-0.2, -0.15) is 0 Å².